The predicted octanol–water partition coefficient (Wildman–Crippen LogP) is 5.81. The summed E-state index contributed by atoms with van der Waals surface area (Å²) in [5.41, 5.74) is 6.20. The maximum atomic E-state index is 5.68. The van der Waals surface area contributed by atoms with Crippen molar-refractivity contribution in [1.82, 2.24) is 10.1 Å². The molecule has 30 heavy (non-hydrogen) atoms. The van der Waals surface area contributed by atoms with E-state index in [1.165, 1.54) is 73.8 Å². The third kappa shape index (κ3) is 4.54. The van der Waals surface area contributed by atoms with Crippen LogP contribution in [0.2, 0.25) is 0 Å². The molecular formula is C26H33N3O. The van der Waals surface area contributed by atoms with Gasteiger partial charge in [0.15, 0.2) is 5.58 Å². The van der Waals surface area contributed by atoms with E-state index >= 15 is 0 Å². The van der Waals surface area contributed by atoms with Crippen molar-refractivity contribution < 1.29 is 4.52 Å². The van der Waals surface area contributed by atoms with Crippen LogP contribution in [0.5, 0.6) is 0 Å². The van der Waals surface area contributed by atoms with E-state index in [9.17, 15) is 0 Å². The van der Waals surface area contributed by atoms with Crippen molar-refractivity contribution in [3.63, 3.8) is 0 Å². The molecule has 0 atom stereocenters. The molecular weight excluding hydrogens is 370 g/mol. The van der Waals surface area contributed by atoms with Crippen molar-refractivity contribution in [2.24, 2.45) is 5.92 Å². The monoisotopic (exact) mass is 403 g/mol. The van der Waals surface area contributed by atoms with E-state index in [0.717, 1.165) is 43.1 Å². The van der Waals surface area contributed by atoms with E-state index < -0.39 is 0 Å². The van der Waals surface area contributed by atoms with Gasteiger partial charge in [0.05, 0.1) is 5.69 Å². The molecule has 4 nitrogen and oxygen atoms in total. The molecule has 1 fully saturated rings. The van der Waals surface area contributed by atoms with Crippen LogP contribution in [0.1, 0.15) is 55.3 Å². The molecule has 0 aliphatic carbocycles. The molecule has 2 aliphatic rings. The standard InChI is InChI=1S/C26H33N3O/c1-2-7-21(8-3-1)19-29-15-12-20(13-16-29)9-6-11-24-23-18-25-22(10-4-5-14-27-25)17-26(23)30-28-24/h1-3,7-8,17-18,20,27H,4-6,9-16,19H2. The average molecular weight is 404 g/mol. The van der Waals surface area contributed by atoms with E-state index in [-0.39, 0.29) is 0 Å². The van der Waals surface area contributed by atoms with Gasteiger partial charge in [-0.25, -0.2) is 0 Å². The molecule has 1 saturated heterocycles. The Morgan fingerprint density at radius 1 is 1.07 bits per heavy atom. The van der Waals surface area contributed by atoms with Gasteiger partial charge in [-0.1, -0.05) is 35.5 Å². The number of hydrogen-bond donors (Lipinski definition) is 1. The number of rotatable bonds is 6. The number of fused-ring (bicyclic) bond motifs is 2. The van der Waals surface area contributed by atoms with E-state index in [2.05, 4.69) is 57.8 Å². The fraction of sp³-hybridized carbons (Fsp3) is 0.500. The zero-order valence-corrected chi connectivity index (χ0v) is 17.9. The van der Waals surface area contributed by atoms with Crippen molar-refractivity contribution >= 4 is 16.7 Å². The zero-order valence-electron chi connectivity index (χ0n) is 17.9. The molecule has 1 N–H and O–H groups in total. The second-order valence-corrected chi connectivity index (χ2v) is 9.12. The number of nitrogens with zero attached hydrogens (tertiary/aromatic N) is 2. The van der Waals surface area contributed by atoms with Gasteiger partial charge in [-0.05, 0) is 93.6 Å². The van der Waals surface area contributed by atoms with Crippen LogP contribution in [0.25, 0.3) is 11.0 Å². The molecule has 0 unspecified atom stereocenters. The van der Waals surface area contributed by atoms with Crippen molar-refractivity contribution in [3.8, 4) is 0 Å². The molecule has 3 aromatic rings. The Hall–Kier alpha value is -2.33. The van der Waals surface area contributed by atoms with Crippen LogP contribution in [0.15, 0.2) is 47.0 Å². The van der Waals surface area contributed by atoms with Crippen molar-refractivity contribution in [2.45, 2.75) is 57.9 Å². The van der Waals surface area contributed by atoms with Gasteiger partial charge in [0.25, 0.3) is 0 Å². The number of piperidine rings is 1. The first kappa shape index (κ1) is 19.6. The first-order valence-electron chi connectivity index (χ1n) is 11.8. The fourth-order valence-corrected chi connectivity index (χ4v) is 5.12. The molecule has 0 amide bonds. The van der Waals surface area contributed by atoms with Crippen LogP contribution in [0.4, 0.5) is 5.69 Å². The number of likely N-dealkylation sites (tertiary alicyclic amines) is 1. The second kappa shape index (κ2) is 9.22. The van der Waals surface area contributed by atoms with Crippen LogP contribution >= 0.6 is 0 Å². The highest BCUT2D eigenvalue weighted by molar-refractivity contribution is 5.85. The third-order valence-corrected chi connectivity index (χ3v) is 6.94. The fourth-order valence-electron chi connectivity index (χ4n) is 5.12. The quantitative estimate of drug-likeness (QED) is 0.564. The lowest BCUT2D eigenvalue weighted by Crippen LogP contribution is -2.33. The number of nitrogens with one attached hydrogen (secondary N) is 1. The number of hydrogen-bond acceptors (Lipinski definition) is 4. The highest BCUT2D eigenvalue weighted by Crippen LogP contribution is 2.31. The van der Waals surface area contributed by atoms with Gasteiger partial charge in [-0.15, -0.1) is 0 Å². The van der Waals surface area contributed by atoms with Crippen molar-refractivity contribution in [3.05, 3.63) is 59.3 Å². The summed E-state index contributed by atoms with van der Waals surface area (Å²) in [5.74, 6) is 0.855. The summed E-state index contributed by atoms with van der Waals surface area (Å²) >= 11 is 0. The van der Waals surface area contributed by atoms with Crippen LogP contribution in [0.3, 0.4) is 0 Å². The maximum absolute atomic E-state index is 5.68. The average Bonchev–Trinajstić information content (AvgIpc) is 3.01. The minimum absolute atomic E-state index is 0.855. The molecule has 0 spiro atoms. The largest absolute Gasteiger partial charge is 0.385 e. The maximum Gasteiger partial charge on any atom is 0.167 e. The number of benzene rings is 2. The summed E-state index contributed by atoms with van der Waals surface area (Å²) in [6.45, 7) is 4.62. The molecule has 1 aromatic heterocycles. The summed E-state index contributed by atoms with van der Waals surface area (Å²) in [6, 6.07) is 15.4. The van der Waals surface area contributed by atoms with E-state index in [4.69, 9.17) is 4.52 Å². The van der Waals surface area contributed by atoms with Crippen molar-refractivity contribution in [2.75, 3.05) is 25.0 Å². The van der Waals surface area contributed by atoms with Gasteiger partial charge in [0.1, 0.15) is 0 Å². The minimum atomic E-state index is 0.855. The third-order valence-electron chi connectivity index (χ3n) is 6.94. The van der Waals surface area contributed by atoms with Crippen LogP contribution < -0.4 is 5.32 Å². The van der Waals surface area contributed by atoms with Crippen LogP contribution in [-0.2, 0) is 19.4 Å². The van der Waals surface area contributed by atoms with Gasteiger partial charge in [0.2, 0.25) is 0 Å². The summed E-state index contributed by atoms with van der Waals surface area (Å²) in [4.78, 5) is 2.61. The van der Waals surface area contributed by atoms with Gasteiger partial charge >= 0.3 is 0 Å². The molecule has 5 rings (SSSR count). The lowest BCUT2D eigenvalue weighted by atomic mass is 9.91. The Morgan fingerprint density at radius 3 is 2.80 bits per heavy atom. The predicted molar refractivity (Wildman–Crippen MR) is 123 cm³/mol. The smallest absolute Gasteiger partial charge is 0.167 e. The second-order valence-electron chi connectivity index (χ2n) is 9.12. The van der Waals surface area contributed by atoms with Gasteiger partial charge < -0.3 is 9.84 Å². The summed E-state index contributed by atoms with van der Waals surface area (Å²) in [7, 11) is 0. The van der Waals surface area contributed by atoms with Gasteiger partial charge in [-0.3, -0.25) is 4.90 Å². The normalized spacial score (nSPS) is 18.1. The summed E-state index contributed by atoms with van der Waals surface area (Å²) in [6.07, 6.45) is 9.80. The Balaban J connectivity index is 1.12. The molecule has 4 heteroatoms. The lowest BCUT2D eigenvalue weighted by Gasteiger charge is -2.32. The van der Waals surface area contributed by atoms with E-state index in [1.54, 1.807) is 0 Å². The first-order chi connectivity index (χ1) is 14.8. The van der Waals surface area contributed by atoms with Crippen LogP contribution in [0, 0.1) is 5.92 Å². The van der Waals surface area contributed by atoms with Crippen molar-refractivity contribution in [1.29, 1.82) is 0 Å². The minimum Gasteiger partial charge on any atom is -0.385 e. The Morgan fingerprint density at radius 2 is 1.93 bits per heavy atom. The SMILES string of the molecule is c1ccc(CN2CCC(CCCc3noc4cc5c(cc34)NCCCC5)CC2)cc1. The summed E-state index contributed by atoms with van der Waals surface area (Å²) in [5, 5.41) is 9.22. The van der Waals surface area contributed by atoms with Crippen LogP contribution in [-0.4, -0.2) is 29.7 Å². The Kier molecular flexibility index (Phi) is 6.03. The van der Waals surface area contributed by atoms with E-state index in [1.807, 2.05) is 0 Å². The molecule has 158 valence electrons. The van der Waals surface area contributed by atoms with E-state index in [0.29, 0.717) is 0 Å². The molecule has 0 saturated carbocycles. The highest BCUT2D eigenvalue weighted by Gasteiger charge is 2.20. The van der Waals surface area contributed by atoms with Gasteiger partial charge in [0, 0.05) is 24.2 Å². The molecule has 3 heterocycles. The molecule has 0 bridgehead atoms. The molecule has 0 radical (unpaired) electrons. The molecule has 2 aliphatic heterocycles. The highest BCUT2D eigenvalue weighted by atomic mass is 16.5. The summed E-state index contributed by atoms with van der Waals surface area (Å²) < 4.78 is 5.68. The Labute approximate surface area is 179 Å². The topological polar surface area (TPSA) is 41.3 Å². The Bertz CT molecular complexity index is 957. The first-order valence-corrected chi connectivity index (χ1v) is 11.8. The van der Waals surface area contributed by atoms with Gasteiger partial charge in [-0.2, -0.15) is 0 Å². The molecule has 2 aromatic carbocycles. The number of aromatic nitrogens is 1. The lowest BCUT2D eigenvalue weighted by molar-refractivity contribution is 0.171. The number of aryl methyl sites for hydroxylation is 2. The zero-order chi connectivity index (χ0) is 20.2. The number of anilines is 1.